The molecular formula is C22H34N2O8S. The molecule has 0 aromatic heterocycles. The lowest BCUT2D eigenvalue weighted by Crippen LogP contribution is -2.61. The van der Waals surface area contributed by atoms with Crippen molar-refractivity contribution in [3.05, 3.63) is 12.8 Å². The third-order valence-corrected chi connectivity index (χ3v) is 6.34. The fraction of sp³-hybridized carbons (Fsp3) is 0.727. The summed E-state index contributed by atoms with van der Waals surface area (Å²) in [6, 6.07) is -0.993. The lowest BCUT2D eigenvalue weighted by molar-refractivity contribution is -0.156. The smallest absolute Gasteiger partial charge is 0.408 e. The first-order valence-corrected chi connectivity index (χ1v) is 12.3. The van der Waals surface area contributed by atoms with E-state index in [1.165, 1.54) is 11.8 Å². The quantitative estimate of drug-likeness (QED) is 0.237. The van der Waals surface area contributed by atoms with Crippen LogP contribution in [0.4, 0.5) is 4.79 Å². The van der Waals surface area contributed by atoms with E-state index < -0.39 is 65.0 Å². The summed E-state index contributed by atoms with van der Waals surface area (Å²) in [6.07, 6.45) is 1.25. The van der Waals surface area contributed by atoms with Gasteiger partial charge in [-0.25, -0.2) is 9.59 Å². The van der Waals surface area contributed by atoms with E-state index >= 15 is 0 Å². The van der Waals surface area contributed by atoms with Crippen molar-refractivity contribution in [3.63, 3.8) is 0 Å². The van der Waals surface area contributed by atoms with E-state index in [0.29, 0.717) is 5.75 Å². The largest absolute Gasteiger partial charge is 0.464 e. The highest BCUT2D eigenvalue weighted by Crippen LogP contribution is 2.63. The normalized spacial score (nSPS) is 28.7. The van der Waals surface area contributed by atoms with Crippen molar-refractivity contribution in [2.24, 2.45) is 17.8 Å². The Kier molecular flexibility index (Phi) is 8.81. The van der Waals surface area contributed by atoms with Crippen LogP contribution in [0.15, 0.2) is 12.8 Å². The number of aliphatic hydroxyl groups is 1. The molecule has 2 saturated carbocycles. The maximum Gasteiger partial charge on any atom is 0.408 e. The van der Waals surface area contributed by atoms with Crippen LogP contribution in [0.2, 0.25) is 0 Å². The maximum atomic E-state index is 13.3. The van der Waals surface area contributed by atoms with E-state index in [9.17, 15) is 24.3 Å². The van der Waals surface area contributed by atoms with E-state index in [2.05, 4.69) is 17.2 Å². The van der Waals surface area contributed by atoms with Crippen LogP contribution in [0.1, 0.15) is 40.5 Å². The second kappa shape index (κ2) is 10.8. The van der Waals surface area contributed by atoms with Crippen LogP contribution < -0.4 is 10.6 Å². The number of hydrogen-bond donors (Lipinski definition) is 3. The van der Waals surface area contributed by atoms with E-state index in [0.717, 1.165) is 6.26 Å². The summed E-state index contributed by atoms with van der Waals surface area (Å²) in [6.45, 7) is 10.1. The fourth-order valence-electron chi connectivity index (χ4n) is 4.44. The average Bonchev–Trinajstić information content (AvgIpc) is 3.39. The molecule has 0 saturated heterocycles. The Morgan fingerprint density at radius 3 is 2.52 bits per heavy atom. The molecule has 0 aromatic rings. The molecule has 2 rings (SSSR count). The second-order valence-corrected chi connectivity index (χ2v) is 10.2. The third kappa shape index (κ3) is 6.20. The molecule has 10 nitrogen and oxygen atoms in total. The summed E-state index contributed by atoms with van der Waals surface area (Å²) in [5, 5.41) is 15.8. The van der Waals surface area contributed by atoms with E-state index in [-0.39, 0.29) is 19.4 Å². The van der Waals surface area contributed by atoms with Crippen molar-refractivity contribution in [1.29, 1.82) is 0 Å². The molecule has 0 aromatic carbocycles. The van der Waals surface area contributed by atoms with Crippen LogP contribution in [-0.4, -0.2) is 70.9 Å². The highest BCUT2D eigenvalue weighted by atomic mass is 32.2. The number of fused-ring (bicyclic) bond motifs is 1. The highest BCUT2D eigenvalue weighted by Gasteiger charge is 2.76. The van der Waals surface area contributed by atoms with E-state index in [1.54, 1.807) is 27.7 Å². The Morgan fingerprint density at radius 1 is 1.30 bits per heavy atom. The van der Waals surface area contributed by atoms with Gasteiger partial charge in [-0.2, -0.15) is 11.8 Å². The van der Waals surface area contributed by atoms with Gasteiger partial charge in [0, 0.05) is 18.3 Å². The molecule has 0 bridgehead atoms. The molecule has 2 amide bonds. The zero-order valence-corrected chi connectivity index (χ0v) is 20.5. The number of amides is 2. The van der Waals surface area contributed by atoms with E-state index in [1.807, 2.05) is 6.26 Å². The topological polar surface area (TPSA) is 140 Å². The molecule has 186 valence electrons. The highest BCUT2D eigenvalue weighted by molar-refractivity contribution is 7.98. The maximum absolute atomic E-state index is 13.3. The molecule has 6 atom stereocenters. The number of aliphatic hydroxyl groups excluding tert-OH is 1. The molecule has 0 radical (unpaired) electrons. The number of carbonyl (C=O) groups is 4. The van der Waals surface area contributed by atoms with Gasteiger partial charge in [0.05, 0.1) is 24.9 Å². The number of hydrogen-bond acceptors (Lipinski definition) is 9. The molecule has 0 heterocycles. The minimum Gasteiger partial charge on any atom is -0.464 e. The predicted octanol–water partition coefficient (Wildman–Crippen LogP) is 1.36. The predicted molar refractivity (Wildman–Crippen MR) is 121 cm³/mol. The van der Waals surface area contributed by atoms with Crippen LogP contribution in [0.3, 0.4) is 0 Å². The number of rotatable bonds is 10. The second-order valence-electron chi connectivity index (χ2n) is 9.17. The van der Waals surface area contributed by atoms with Crippen molar-refractivity contribution >= 4 is 35.7 Å². The molecule has 33 heavy (non-hydrogen) atoms. The molecule has 0 aliphatic heterocycles. The summed E-state index contributed by atoms with van der Waals surface area (Å²) in [7, 11) is 0. The summed E-state index contributed by atoms with van der Waals surface area (Å²) < 4.78 is 15.3. The number of alkyl carbamates (subject to hydrolysis) is 1. The zero-order chi connectivity index (χ0) is 25.0. The van der Waals surface area contributed by atoms with Crippen LogP contribution in [-0.2, 0) is 28.6 Å². The van der Waals surface area contributed by atoms with Gasteiger partial charge in [-0.15, -0.1) is 0 Å². The minimum absolute atomic E-state index is 0.0533. The van der Waals surface area contributed by atoms with Gasteiger partial charge in [-0.1, -0.05) is 6.58 Å². The Labute approximate surface area is 198 Å². The van der Waals surface area contributed by atoms with Gasteiger partial charge in [0.15, 0.2) is 0 Å². The summed E-state index contributed by atoms with van der Waals surface area (Å²) in [4.78, 5) is 50.9. The van der Waals surface area contributed by atoms with Gasteiger partial charge >= 0.3 is 18.0 Å². The fourth-order valence-corrected chi connectivity index (χ4v) is 4.91. The van der Waals surface area contributed by atoms with Crippen molar-refractivity contribution < 1.29 is 38.5 Å². The lowest BCUT2D eigenvalue weighted by atomic mass is 9.88. The molecule has 2 fully saturated rings. The summed E-state index contributed by atoms with van der Waals surface area (Å²) in [5.41, 5.74) is -2.37. The van der Waals surface area contributed by atoms with Gasteiger partial charge < -0.3 is 30.0 Å². The molecule has 2 aliphatic rings. The van der Waals surface area contributed by atoms with Crippen LogP contribution >= 0.6 is 11.8 Å². The number of carbonyl (C=O) groups excluding carboxylic acids is 4. The number of ether oxygens (including phenoxy) is 3. The first kappa shape index (κ1) is 27.0. The van der Waals surface area contributed by atoms with Gasteiger partial charge in [0.2, 0.25) is 5.91 Å². The number of thioether (sulfide) groups is 1. The molecule has 2 unspecified atom stereocenters. The van der Waals surface area contributed by atoms with Crippen molar-refractivity contribution in [3.8, 4) is 0 Å². The molecule has 0 spiro atoms. The molecule has 3 N–H and O–H groups in total. The Balaban J connectivity index is 2.28. The van der Waals surface area contributed by atoms with Gasteiger partial charge in [-0.05, 0) is 46.1 Å². The van der Waals surface area contributed by atoms with Crippen LogP contribution in [0.25, 0.3) is 0 Å². The molecular weight excluding hydrogens is 452 g/mol. The minimum atomic E-state index is -1.62. The Bertz CT molecular complexity index is 783. The SMILES string of the molecule is C=COC(=O)[C@H]1[C@H]2[C@@H]1C(NC(=O)C(CCSC)NC(=O)OC(C)(C)C)(C(=O)OCC)C[C@@H]2O. The average molecular weight is 487 g/mol. The van der Waals surface area contributed by atoms with Gasteiger partial charge in [0.25, 0.3) is 0 Å². The standard InChI is InChI=1S/C22H34N2O8S/c1-7-30-18(27)15-14-13(25)11-22(16(14)15,19(28)31-8-2)24-17(26)12(9-10-33-6)23-20(29)32-21(3,4)5/h7,12-16,25H,1,8-11H2,2-6H3,(H,23,29)(H,24,26)/t12?,13-,14-,15-,16-,22?/m0/s1. The molecule has 2 aliphatic carbocycles. The van der Waals surface area contributed by atoms with Crippen molar-refractivity contribution in [2.45, 2.75) is 63.8 Å². The van der Waals surface area contributed by atoms with Crippen molar-refractivity contribution in [1.82, 2.24) is 10.6 Å². The Hall–Kier alpha value is -2.27. The Morgan fingerprint density at radius 2 is 1.97 bits per heavy atom. The summed E-state index contributed by atoms with van der Waals surface area (Å²) in [5.74, 6) is -3.45. The first-order valence-electron chi connectivity index (χ1n) is 10.9. The first-order chi connectivity index (χ1) is 15.4. The van der Waals surface area contributed by atoms with Crippen LogP contribution in [0.5, 0.6) is 0 Å². The van der Waals surface area contributed by atoms with Gasteiger partial charge in [0.1, 0.15) is 17.2 Å². The lowest BCUT2D eigenvalue weighted by Gasteiger charge is -2.33. The molecule has 11 heteroatoms. The van der Waals surface area contributed by atoms with Crippen molar-refractivity contribution in [2.75, 3.05) is 18.6 Å². The summed E-state index contributed by atoms with van der Waals surface area (Å²) >= 11 is 1.49. The van der Waals surface area contributed by atoms with Gasteiger partial charge in [-0.3, -0.25) is 9.59 Å². The zero-order valence-electron chi connectivity index (χ0n) is 19.7. The van der Waals surface area contributed by atoms with E-state index in [4.69, 9.17) is 14.2 Å². The third-order valence-electron chi connectivity index (χ3n) is 5.70. The number of nitrogens with one attached hydrogen (secondary N) is 2. The van der Waals surface area contributed by atoms with Crippen LogP contribution in [0, 0.1) is 17.8 Å². The monoisotopic (exact) mass is 486 g/mol. The number of esters is 2.